The third-order valence-electron chi connectivity index (χ3n) is 3.15. The van der Waals surface area contributed by atoms with E-state index >= 15 is 0 Å². The largest absolute Gasteiger partial charge is 0.368 e. The molecule has 0 fully saturated rings. The van der Waals surface area contributed by atoms with Crippen LogP contribution in [-0.4, -0.2) is 35.7 Å². The molecule has 0 spiro atoms. The summed E-state index contributed by atoms with van der Waals surface area (Å²) < 4.78 is 1.00. The van der Waals surface area contributed by atoms with Crippen LogP contribution in [0.15, 0.2) is 46.9 Å². The van der Waals surface area contributed by atoms with E-state index in [4.69, 9.17) is 11.5 Å². The fourth-order valence-corrected chi connectivity index (χ4v) is 3.24. The van der Waals surface area contributed by atoms with Crippen LogP contribution in [0.3, 0.4) is 0 Å². The highest BCUT2D eigenvalue weighted by molar-refractivity contribution is 9.10. The molecule has 0 saturated heterocycles. The Morgan fingerprint density at radius 1 is 1.00 bits per heavy atom. The van der Waals surface area contributed by atoms with Gasteiger partial charge >= 0.3 is 0 Å². The number of hydrogen-bond donors (Lipinski definition) is 2. The van der Waals surface area contributed by atoms with E-state index in [1.165, 1.54) is 17.4 Å². The van der Waals surface area contributed by atoms with Crippen molar-refractivity contribution < 1.29 is 14.4 Å². The van der Waals surface area contributed by atoms with Gasteiger partial charge in [-0.1, -0.05) is 28.1 Å². The Morgan fingerprint density at radius 2 is 1.60 bits per heavy atom. The van der Waals surface area contributed by atoms with Crippen LogP contribution >= 0.6 is 27.3 Å². The zero-order valence-electron chi connectivity index (χ0n) is 13.1. The Bertz CT molecular complexity index is 799. The minimum absolute atomic E-state index is 0.360. The van der Waals surface area contributed by atoms with E-state index in [1.54, 1.807) is 6.08 Å². The molecule has 1 aromatic carbocycles. The van der Waals surface area contributed by atoms with Gasteiger partial charge in [0, 0.05) is 20.3 Å². The number of benzene rings is 1. The molecule has 8 heteroatoms. The van der Waals surface area contributed by atoms with Gasteiger partial charge in [0.05, 0.1) is 0 Å². The molecule has 130 valence electrons. The molecule has 2 rings (SSSR count). The third kappa shape index (κ3) is 5.84. The molecule has 1 heterocycles. The lowest BCUT2D eigenvalue weighted by atomic mass is 10.2. The van der Waals surface area contributed by atoms with Crippen LogP contribution in [0.5, 0.6) is 0 Å². The van der Waals surface area contributed by atoms with Crippen molar-refractivity contribution in [3.8, 4) is 10.4 Å². The molecule has 1 aromatic heterocycles. The van der Waals surface area contributed by atoms with Crippen molar-refractivity contribution in [2.75, 3.05) is 13.1 Å². The Kier molecular flexibility index (Phi) is 6.49. The molecular formula is C17H16BrN3O3S. The molecule has 6 nitrogen and oxygen atoms in total. The lowest BCUT2D eigenvalue weighted by Crippen LogP contribution is -2.42. The quantitative estimate of drug-likeness (QED) is 0.667. The number of thiophene rings is 1. The summed E-state index contributed by atoms with van der Waals surface area (Å²) in [4.78, 5) is 37.1. The van der Waals surface area contributed by atoms with Gasteiger partial charge in [0.2, 0.25) is 17.7 Å². The molecule has 3 amide bonds. The van der Waals surface area contributed by atoms with Crippen molar-refractivity contribution in [3.05, 3.63) is 51.8 Å². The van der Waals surface area contributed by atoms with Gasteiger partial charge in [-0.05, 0) is 35.9 Å². The van der Waals surface area contributed by atoms with Crippen molar-refractivity contribution in [2.45, 2.75) is 0 Å². The molecule has 0 aliphatic heterocycles. The topological polar surface area (TPSA) is 106 Å². The normalized spacial score (nSPS) is 10.8. The zero-order chi connectivity index (χ0) is 18.4. The van der Waals surface area contributed by atoms with Crippen molar-refractivity contribution in [3.63, 3.8) is 0 Å². The molecule has 0 aliphatic carbocycles. The second kappa shape index (κ2) is 8.59. The maximum absolute atomic E-state index is 12.1. The third-order valence-corrected chi connectivity index (χ3v) is 4.78. The summed E-state index contributed by atoms with van der Waals surface area (Å²) in [7, 11) is 0. The number of nitrogens with two attached hydrogens (primary N) is 2. The van der Waals surface area contributed by atoms with E-state index in [2.05, 4.69) is 15.9 Å². The van der Waals surface area contributed by atoms with Crippen LogP contribution in [0.4, 0.5) is 0 Å². The standard InChI is InChI=1S/C17H16BrN3O3S/c18-12-3-1-11(2-4-12)14-7-5-13(25-14)6-8-17(24)21(9-15(19)22)10-16(20)23/h1-8H,9-10H2,(H2,19,22)(H2,20,23)/b8-6+. The molecule has 0 radical (unpaired) electrons. The summed E-state index contributed by atoms with van der Waals surface area (Å²) in [6.45, 7) is -0.721. The van der Waals surface area contributed by atoms with Crippen LogP contribution in [-0.2, 0) is 14.4 Å². The molecule has 0 aliphatic rings. The summed E-state index contributed by atoms with van der Waals surface area (Å²) >= 11 is 4.91. The van der Waals surface area contributed by atoms with Gasteiger partial charge < -0.3 is 16.4 Å². The molecule has 4 N–H and O–H groups in total. The predicted molar refractivity (Wildman–Crippen MR) is 101 cm³/mol. The summed E-state index contributed by atoms with van der Waals surface area (Å²) in [5.41, 5.74) is 11.2. The number of nitrogens with zero attached hydrogens (tertiary/aromatic N) is 1. The predicted octanol–water partition coefficient (Wildman–Crippen LogP) is 1.99. The number of rotatable bonds is 7. The minimum Gasteiger partial charge on any atom is -0.368 e. The summed E-state index contributed by atoms with van der Waals surface area (Å²) in [5, 5.41) is 0. The number of carbonyl (C=O) groups excluding carboxylic acids is 3. The first-order chi connectivity index (χ1) is 11.8. The maximum Gasteiger partial charge on any atom is 0.247 e. The van der Waals surface area contributed by atoms with Crippen molar-refractivity contribution in [1.82, 2.24) is 4.90 Å². The summed E-state index contributed by atoms with van der Waals surface area (Å²) in [6.07, 6.45) is 2.92. The first-order valence-electron chi connectivity index (χ1n) is 7.24. The minimum atomic E-state index is -0.711. The van der Waals surface area contributed by atoms with E-state index < -0.39 is 17.7 Å². The molecule has 2 aromatic rings. The van der Waals surface area contributed by atoms with Crippen LogP contribution in [0.1, 0.15) is 4.88 Å². The van der Waals surface area contributed by atoms with Crippen LogP contribution in [0.25, 0.3) is 16.5 Å². The second-order valence-corrected chi connectivity index (χ2v) is 7.20. The second-order valence-electron chi connectivity index (χ2n) is 5.17. The van der Waals surface area contributed by atoms with Gasteiger partial charge in [-0.3, -0.25) is 14.4 Å². The van der Waals surface area contributed by atoms with Gasteiger partial charge in [-0.15, -0.1) is 11.3 Å². The van der Waals surface area contributed by atoms with Gasteiger partial charge in [-0.2, -0.15) is 0 Å². The molecule has 0 saturated carbocycles. The molecule has 0 bridgehead atoms. The molecule has 0 unspecified atom stereocenters. The van der Waals surface area contributed by atoms with Gasteiger partial charge in [0.15, 0.2) is 0 Å². The zero-order valence-corrected chi connectivity index (χ0v) is 15.5. The van der Waals surface area contributed by atoms with Crippen molar-refractivity contribution in [2.24, 2.45) is 11.5 Å². The molecule has 0 atom stereocenters. The summed E-state index contributed by atoms with van der Waals surface area (Å²) in [5.74, 6) is -1.93. The van der Waals surface area contributed by atoms with Crippen LogP contribution in [0.2, 0.25) is 0 Å². The van der Waals surface area contributed by atoms with Crippen LogP contribution in [0, 0.1) is 0 Å². The number of amides is 3. The van der Waals surface area contributed by atoms with E-state index in [1.807, 2.05) is 36.4 Å². The van der Waals surface area contributed by atoms with Crippen molar-refractivity contribution >= 4 is 51.1 Å². The van der Waals surface area contributed by atoms with E-state index in [0.717, 1.165) is 24.7 Å². The Labute approximate surface area is 157 Å². The van der Waals surface area contributed by atoms with E-state index in [9.17, 15) is 14.4 Å². The fourth-order valence-electron chi connectivity index (χ4n) is 2.06. The van der Waals surface area contributed by atoms with Crippen molar-refractivity contribution in [1.29, 1.82) is 0 Å². The Morgan fingerprint density at radius 3 is 2.16 bits per heavy atom. The molecule has 25 heavy (non-hydrogen) atoms. The van der Waals surface area contributed by atoms with E-state index in [-0.39, 0.29) is 13.1 Å². The monoisotopic (exact) mass is 421 g/mol. The van der Waals surface area contributed by atoms with Gasteiger partial charge in [-0.25, -0.2) is 0 Å². The van der Waals surface area contributed by atoms with Gasteiger partial charge in [0.25, 0.3) is 0 Å². The maximum atomic E-state index is 12.1. The van der Waals surface area contributed by atoms with Gasteiger partial charge in [0.1, 0.15) is 13.1 Å². The van der Waals surface area contributed by atoms with E-state index in [0.29, 0.717) is 0 Å². The highest BCUT2D eigenvalue weighted by atomic mass is 79.9. The molecular weight excluding hydrogens is 406 g/mol. The average molecular weight is 422 g/mol. The number of hydrogen-bond acceptors (Lipinski definition) is 4. The smallest absolute Gasteiger partial charge is 0.247 e. The fraction of sp³-hybridized carbons (Fsp3) is 0.118. The highest BCUT2D eigenvalue weighted by Crippen LogP contribution is 2.29. The lowest BCUT2D eigenvalue weighted by Gasteiger charge is -2.17. The Balaban J connectivity index is 2.09. The lowest BCUT2D eigenvalue weighted by molar-refractivity contribution is -0.134. The number of halogens is 1. The highest BCUT2D eigenvalue weighted by Gasteiger charge is 2.15. The Hall–Kier alpha value is -2.45. The number of carbonyl (C=O) groups is 3. The average Bonchev–Trinajstić information content (AvgIpc) is 3.00. The van der Waals surface area contributed by atoms with Crippen LogP contribution < -0.4 is 11.5 Å². The first kappa shape index (κ1) is 18.9. The summed E-state index contributed by atoms with van der Waals surface area (Å²) in [6, 6.07) is 11.8. The first-order valence-corrected chi connectivity index (χ1v) is 8.85. The number of primary amides is 2. The SMILES string of the molecule is NC(=O)CN(CC(N)=O)C(=O)/C=C/c1ccc(-c2ccc(Br)cc2)s1.